The van der Waals surface area contributed by atoms with Gasteiger partial charge in [0.15, 0.2) is 10.4 Å². The molecule has 2 aliphatic heterocycles. The molecule has 7 nitrogen and oxygen atoms in total. The molecule has 8 heteroatoms. The first-order valence-corrected chi connectivity index (χ1v) is 14.1. The number of nitrogens with one attached hydrogen (secondary N) is 1. The number of hydrogen-bond donors (Lipinski definition) is 2. The first-order valence-electron chi connectivity index (χ1n) is 13.0. The van der Waals surface area contributed by atoms with Gasteiger partial charge in [-0.05, 0) is 74.4 Å². The summed E-state index contributed by atoms with van der Waals surface area (Å²) in [5.41, 5.74) is 9.21. The summed E-state index contributed by atoms with van der Waals surface area (Å²) in [6.07, 6.45) is 5.32. The smallest absolute Gasteiger partial charge is 0.245 e. The number of nitrogens with two attached hydrogens (primary N) is 1. The van der Waals surface area contributed by atoms with Gasteiger partial charge in [0.1, 0.15) is 0 Å². The fourth-order valence-corrected chi connectivity index (χ4v) is 6.39. The average molecular weight is 518 g/mol. The van der Waals surface area contributed by atoms with Crippen molar-refractivity contribution in [1.29, 1.82) is 0 Å². The Bertz CT molecular complexity index is 1280. The number of nitrogens with zero attached hydrogens (tertiary/aromatic N) is 3. The molecule has 2 aliphatic rings. The summed E-state index contributed by atoms with van der Waals surface area (Å²) >= 11 is -1.55. The zero-order valence-electron chi connectivity index (χ0n) is 21.4. The monoisotopic (exact) mass is 517 g/mol. The van der Waals surface area contributed by atoms with E-state index in [0.29, 0.717) is 18.0 Å². The summed E-state index contributed by atoms with van der Waals surface area (Å²) in [6, 6.07) is 18.1. The summed E-state index contributed by atoms with van der Waals surface area (Å²) in [6.45, 7) is 8.98. The van der Waals surface area contributed by atoms with E-state index in [1.165, 1.54) is 17.4 Å². The Hall–Kier alpha value is -3.07. The van der Waals surface area contributed by atoms with E-state index in [9.17, 15) is 9.35 Å². The van der Waals surface area contributed by atoms with Crippen molar-refractivity contribution < 1.29 is 9.35 Å². The molecule has 0 bridgehead atoms. The molecule has 1 aromatic heterocycles. The van der Waals surface area contributed by atoms with Crippen molar-refractivity contribution in [2.75, 3.05) is 26.2 Å². The molecule has 37 heavy (non-hydrogen) atoms. The van der Waals surface area contributed by atoms with E-state index in [2.05, 4.69) is 33.3 Å². The van der Waals surface area contributed by atoms with Gasteiger partial charge < -0.3 is 20.1 Å². The van der Waals surface area contributed by atoms with Gasteiger partial charge in [0.2, 0.25) is 5.91 Å². The zero-order valence-corrected chi connectivity index (χ0v) is 22.2. The number of benzene rings is 2. The van der Waals surface area contributed by atoms with Crippen LogP contribution in [0.2, 0.25) is 0 Å². The highest BCUT2D eigenvalue weighted by molar-refractivity contribution is 7.89. The van der Waals surface area contributed by atoms with E-state index in [0.717, 1.165) is 61.4 Å². The molecule has 1 unspecified atom stereocenters. The van der Waals surface area contributed by atoms with Crippen LogP contribution in [-0.4, -0.2) is 57.0 Å². The quantitative estimate of drug-likeness (QED) is 0.422. The van der Waals surface area contributed by atoms with Gasteiger partial charge in [-0.3, -0.25) is 9.78 Å². The van der Waals surface area contributed by atoms with Crippen molar-refractivity contribution in [2.45, 2.75) is 49.5 Å². The number of fused-ring (bicyclic) bond motifs is 1. The Morgan fingerprint density at radius 1 is 1.08 bits per heavy atom. The van der Waals surface area contributed by atoms with Crippen LogP contribution in [0.5, 0.6) is 0 Å². The molecule has 3 heterocycles. The largest absolute Gasteiger partial charge is 0.593 e. The third-order valence-corrected chi connectivity index (χ3v) is 8.79. The van der Waals surface area contributed by atoms with Crippen LogP contribution in [0.15, 0.2) is 71.9 Å². The van der Waals surface area contributed by atoms with Gasteiger partial charge in [0.05, 0.1) is 35.8 Å². The number of likely N-dealkylation sites (tertiary alicyclic amines) is 2. The molecule has 0 aliphatic carbocycles. The van der Waals surface area contributed by atoms with Crippen LogP contribution in [0.1, 0.15) is 36.1 Å². The van der Waals surface area contributed by atoms with Crippen LogP contribution in [0.3, 0.4) is 0 Å². The number of aromatic nitrogens is 1. The van der Waals surface area contributed by atoms with Crippen molar-refractivity contribution in [2.24, 2.45) is 5.73 Å². The molecule has 0 saturated carbocycles. The van der Waals surface area contributed by atoms with Gasteiger partial charge in [0, 0.05) is 24.2 Å². The molecule has 3 N–H and O–H groups in total. The number of piperidine rings is 1. The normalized spacial score (nSPS) is 17.9. The number of primary amides is 1. The van der Waals surface area contributed by atoms with Crippen LogP contribution < -0.4 is 10.5 Å². The Balaban J connectivity index is 1.20. The zero-order chi connectivity index (χ0) is 26.0. The van der Waals surface area contributed by atoms with Crippen molar-refractivity contribution in [3.8, 4) is 0 Å². The average Bonchev–Trinajstić information content (AvgIpc) is 2.89. The molecule has 3 aromatic rings. The number of pyridine rings is 1. The third-order valence-electron chi connectivity index (χ3n) is 7.52. The number of carbonyl (C=O) groups excluding carboxylic acids is 1. The summed E-state index contributed by atoms with van der Waals surface area (Å²) in [4.78, 5) is 21.9. The Labute approximate surface area is 222 Å². The van der Waals surface area contributed by atoms with Crippen molar-refractivity contribution in [1.82, 2.24) is 19.5 Å². The third kappa shape index (κ3) is 5.46. The molecule has 1 amide bonds. The number of para-hydroxylation sites is 1. The van der Waals surface area contributed by atoms with Gasteiger partial charge in [-0.15, -0.1) is 4.72 Å². The van der Waals surface area contributed by atoms with Crippen LogP contribution in [-0.2, 0) is 29.0 Å². The summed E-state index contributed by atoms with van der Waals surface area (Å²) in [7, 11) is 0. The van der Waals surface area contributed by atoms with Crippen LogP contribution in [0.4, 0.5) is 0 Å². The lowest BCUT2D eigenvalue weighted by Crippen LogP contribution is -2.75. The minimum atomic E-state index is -1.55. The van der Waals surface area contributed by atoms with E-state index in [1.54, 1.807) is 0 Å². The molecule has 0 spiro atoms. The van der Waals surface area contributed by atoms with E-state index in [4.69, 9.17) is 5.73 Å². The fourth-order valence-electron chi connectivity index (χ4n) is 5.31. The number of aryl methyl sites for hydroxylation is 3. The van der Waals surface area contributed by atoms with Crippen molar-refractivity contribution in [3.05, 3.63) is 83.8 Å². The predicted molar refractivity (Wildman–Crippen MR) is 148 cm³/mol. The molecule has 1 atom stereocenters. The molecule has 2 fully saturated rings. The predicted octanol–water partition coefficient (Wildman–Crippen LogP) is 3.44. The van der Waals surface area contributed by atoms with Gasteiger partial charge in [-0.25, -0.2) is 0 Å². The molecule has 5 rings (SSSR count). The molecule has 2 aromatic carbocycles. The number of amides is 1. The molecule has 2 saturated heterocycles. The van der Waals surface area contributed by atoms with E-state index < -0.39 is 22.8 Å². The van der Waals surface area contributed by atoms with Crippen molar-refractivity contribution >= 4 is 28.2 Å². The highest BCUT2D eigenvalue weighted by Gasteiger charge is 2.53. The van der Waals surface area contributed by atoms with E-state index >= 15 is 0 Å². The Morgan fingerprint density at radius 2 is 1.78 bits per heavy atom. The number of rotatable bonds is 9. The minimum Gasteiger partial charge on any atom is -0.593 e. The topological polar surface area (TPSA) is 97.5 Å². The van der Waals surface area contributed by atoms with E-state index in [1.807, 2.05) is 54.3 Å². The molecular formula is C29H35N5O2S. The van der Waals surface area contributed by atoms with Crippen LogP contribution in [0.25, 0.3) is 10.9 Å². The lowest BCUT2D eigenvalue weighted by molar-refractivity contribution is -0.129. The van der Waals surface area contributed by atoms with Gasteiger partial charge in [0.25, 0.3) is 0 Å². The lowest BCUT2D eigenvalue weighted by atomic mass is 9.90. The second kappa shape index (κ2) is 10.7. The molecule has 0 radical (unpaired) electrons. The summed E-state index contributed by atoms with van der Waals surface area (Å²) < 4.78 is 16.2. The second-order valence-electron chi connectivity index (χ2n) is 10.2. The Kier molecular flexibility index (Phi) is 7.42. The summed E-state index contributed by atoms with van der Waals surface area (Å²) in [5.74, 6) is 0.436. The van der Waals surface area contributed by atoms with Gasteiger partial charge in [-0.2, -0.15) is 0 Å². The standard InChI is InChI=1S/C29H35N5O2S/c1-21-18-24(26-8-4-5-9-27(26)31-21)13-10-23-11-14-25(15-12-23)37(36)32-29(28(30)35)19-34(20-29)22(2)33-16-6-3-7-17-33/h4-5,8-9,11-12,14-15,18,32H,2-3,6-7,10,13,16-17,19-20H2,1H3,(H2,30,35). The Morgan fingerprint density at radius 3 is 2.49 bits per heavy atom. The second-order valence-corrected chi connectivity index (χ2v) is 11.4. The van der Waals surface area contributed by atoms with E-state index in [-0.39, 0.29) is 0 Å². The first-order chi connectivity index (χ1) is 17.8. The van der Waals surface area contributed by atoms with Crippen LogP contribution >= 0.6 is 0 Å². The maximum absolute atomic E-state index is 13.1. The fraction of sp³-hybridized carbons (Fsp3) is 0.379. The van der Waals surface area contributed by atoms with Gasteiger partial charge in [-0.1, -0.05) is 36.9 Å². The maximum Gasteiger partial charge on any atom is 0.245 e. The van der Waals surface area contributed by atoms with Crippen LogP contribution in [0, 0.1) is 6.92 Å². The number of carbonyl (C=O) groups is 1. The lowest BCUT2D eigenvalue weighted by Gasteiger charge is -2.51. The van der Waals surface area contributed by atoms with Crippen molar-refractivity contribution in [3.63, 3.8) is 0 Å². The minimum absolute atomic E-state index is 0.376. The van der Waals surface area contributed by atoms with Gasteiger partial charge >= 0.3 is 0 Å². The maximum atomic E-state index is 13.1. The molecule has 194 valence electrons. The first kappa shape index (κ1) is 25.6. The molecular weight excluding hydrogens is 482 g/mol. The summed E-state index contributed by atoms with van der Waals surface area (Å²) in [5, 5.41) is 1.18. The highest BCUT2D eigenvalue weighted by Crippen LogP contribution is 2.29. The highest BCUT2D eigenvalue weighted by atomic mass is 32.2. The SMILES string of the molecule is C=C(N1CCCCC1)N1CC(N[S+]([O-])c2ccc(CCc3cc(C)nc4ccccc34)cc2)(C(N)=O)C1. The number of hydrogen-bond acceptors (Lipinski definition) is 6.